The van der Waals surface area contributed by atoms with Crippen molar-refractivity contribution in [3.05, 3.63) is 108 Å². The molecule has 0 N–H and O–H groups in total. The summed E-state index contributed by atoms with van der Waals surface area (Å²) in [4.78, 5) is 37.2. The maximum absolute atomic E-state index is 15.3. The summed E-state index contributed by atoms with van der Waals surface area (Å²) >= 11 is 0. The minimum atomic E-state index is -2.00. The molecule has 1 fully saturated rings. The standard InChI is InChI=1S/C26H21FO7/c27-21-22(33-24(29)18-12-6-2-7-13-18)20(16-31-23(28)17-10-4-1-5-11-17)32-26(21)34-25(30)19-14-8-3-9-15-19/h1-15,20-22,26H,16H2/t20-,21?,22?,26-/m1/s1. The number of ether oxygens (including phenoxy) is 4. The Morgan fingerprint density at radius 2 is 1.12 bits per heavy atom. The Kier molecular flexibility index (Phi) is 7.29. The topological polar surface area (TPSA) is 88.1 Å². The first-order chi connectivity index (χ1) is 16.5. The number of carbonyl (C=O) groups excluding carboxylic acids is 3. The molecule has 3 aromatic carbocycles. The van der Waals surface area contributed by atoms with Crippen LogP contribution in [0.1, 0.15) is 31.1 Å². The Hall–Kier alpha value is -4.04. The van der Waals surface area contributed by atoms with Crippen LogP contribution in [0.5, 0.6) is 0 Å². The van der Waals surface area contributed by atoms with Crippen LogP contribution in [0, 0.1) is 0 Å². The van der Waals surface area contributed by atoms with E-state index in [1.165, 1.54) is 24.3 Å². The van der Waals surface area contributed by atoms with Gasteiger partial charge in [-0.2, -0.15) is 0 Å². The zero-order valence-electron chi connectivity index (χ0n) is 17.9. The van der Waals surface area contributed by atoms with Crippen molar-refractivity contribution in [1.29, 1.82) is 0 Å². The number of hydrogen-bond acceptors (Lipinski definition) is 7. The van der Waals surface area contributed by atoms with Crippen LogP contribution in [0.2, 0.25) is 0 Å². The molecule has 4 rings (SSSR count). The smallest absolute Gasteiger partial charge is 0.340 e. The van der Waals surface area contributed by atoms with Crippen molar-refractivity contribution in [2.45, 2.75) is 24.7 Å². The molecular formula is C26H21FO7. The summed E-state index contributed by atoms with van der Waals surface area (Å²) in [7, 11) is 0. The molecule has 1 saturated heterocycles. The van der Waals surface area contributed by atoms with Crippen molar-refractivity contribution in [1.82, 2.24) is 0 Å². The molecule has 3 aromatic rings. The molecule has 8 heteroatoms. The molecule has 0 aliphatic carbocycles. The molecule has 174 valence electrons. The third kappa shape index (κ3) is 5.47. The van der Waals surface area contributed by atoms with Gasteiger partial charge in [-0.25, -0.2) is 18.8 Å². The van der Waals surface area contributed by atoms with Gasteiger partial charge in [-0.15, -0.1) is 0 Å². The second kappa shape index (κ2) is 10.7. The third-order valence-electron chi connectivity index (χ3n) is 5.12. The molecule has 7 nitrogen and oxygen atoms in total. The van der Waals surface area contributed by atoms with Gasteiger partial charge in [0, 0.05) is 0 Å². The fourth-order valence-electron chi connectivity index (χ4n) is 3.38. The molecule has 0 bridgehead atoms. The van der Waals surface area contributed by atoms with Crippen LogP contribution in [0.3, 0.4) is 0 Å². The molecule has 0 saturated carbocycles. The molecule has 0 radical (unpaired) electrons. The first-order valence-electron chi connectivity index (χ1n) is 10.6. The van der Waals surface area contributed by atoms with Gasteiger partial charge in [0.15, 0.2) is 6.10 Å². The average Bonchev–Trinajstić information content (AvgIpc) is 3.17. The highest BCUT2D eigenvalue weighted by molar-refractivity contribution is 5.90. The van der Waals surface area contributed by atoms with E-state index in [0.717, 1.165) is 0 Å². The second-order valence-electron chi connectivity index (χ2n) is 7.46. The van der Waals surface area contributed by atoms with Crippen molar-refractivity contribution in [2.24, 2.45) is 0 Å². The first kappa shape index (κ1) is 23.1. The summed E-state index contributed by atoms with van der Waals surface area (Å²) in [5.41, 5.74) is 0.705. The van der Waals surface area contributed by atoms with Gasteiger partial charge in [0.1, 0.15) is 12.7 Å². The predicted octanol–water partition coefficient (Wildman–Crippen LogP) is 3.99. The van der Waals surface area contributed by atoms with E-state index < -0.39 is 49.2 Å². The van der Waals surface area contributed by atoms with Crippen molar-refractivity contribution in [3.8, 4) is 0 Å². The van der Waals surface area contributed by atoms with Crippen LogP contribution in [-0.4, -0.2) is 49.2 Å². The monoisotopic (exact) mass is 464 g/mol. The lowest BCUT2D eigenvalue weighted by Gasteiger charge is -2.19. The highest BCUT2D eigenvalue weighted by Gasteiger charge is 2.50. The van der Waals surface area contributed by atoms with Crippen LogP contribution in [0.25, 0.3) is 0 Å². The Balaban J connectivity index is 1.47. The van der Waals surface area contributed by atoms with E-state index in [2.05, 4.69) is 0 Å². The van der Waals surface area contributed by atoms with Gasteiger partial charge in [-0.05, 0) is 36.4 Å². The molecule has 2 unspecified atom stereocenters. The molecule has 4 atom stereocenters. The molecule has 0 amide bonds. The molecule has 1 heterocycles. The zero-order valence-corrected chi connectivity index (χ0v) is 17.9. The first-order valence-corrected chi connectivity index (χ1v) is 10.6. The van der Waals surface area contributed by atoms with Gasteiger partial charge in [0.05, 0.1) is 16.7 Å². The number of alkyl halides is 1. The molecule has 1 aliphatic rings. The van der Waals surface area contributed by atoms with Gasteiger partial charge in [-0.3, -0.25) is 0 Å². The summed E-state index contributed by atoms with van der Waals surface area (Å²) < 4.78 is 36.6. The molecular weight excluding hydrogens is 443 g/mol. The second-order valence-corrected chi connectivity index (χ2v) is 7.46. The quantitative estimate of drug-likeness (QED) is 0.386. The Bertz CT molecular complexity index is 1120. The molecule has 1 aliphatic heterocycles. The van der Waals surface area contributed by atoms with Crippen LogP contribution < -0.4 is 0 Å². The summed E-state index contributed by atoms with van der Waals surface area (Å²) in [5, 5.41) is 0. The predicted molar refractivity (Wildman–Crippen MR) is 118 cm³/mol. The van der Waals surface area contributed by atoms with Crippen LogP contribution in [-0.2, 0) is 18.9 Å². The van der Waals surface area contributed by atoms with Crippen molar-refractivity contribution in [2.75, 3.05) is 6.61 Å². The Labute approximate surface area is 195 Å². The summed E-state index contributed by atoms with van der Waals surface area (Å²) in [6, 6.07) is 24.2. The van der Waals surface area contributed by atoms with E-state index in [0.29, 0.717) is 5.56 Å². The van der Waals surface area contributed by atoms with Crippen molar-refractivity contribution in [3.63, 3.8) is 0 Å². The number of rotatable bonds is 7. The number of carbonyl (C=O) groups is 3. The average molecular weight is 464 g/mol. The number of halogens is 1. The number of hydrogen-bond donors (Lipinski definition) is 0. The normalized spacial score (nSPS) is 21.4. The van der Waals surface area contributed by atoms with Crippen molar-refractivity contribution >= 4 is 17.9 Å². The van der Waals surface area contributed by atoms with Crippen LogP contribution in [0.4, 0.5) is 4.39 Å². The number of benzene rings is 3. The van der Waals surface area contributed by atoms with Gasteiger partial charge in [0.2, 0.25) is 12.5 Å². The van der Waals surface area contributed by atoms with E-state index >= 15 is 4.39 Å². The number of esters is 3. The lowest BCUT2D eigenvalue weighted by molar-refractivity contribution is -0.129. The maximum Gasteiger partial charge on any atom is 0.340 e. The van der Waals surface area contributed by atoms with E-state index in [9.17, 15) is 14.4 Å². The maximum atomic E-state index is 15.3. The zero-order chi connectivity index (χ0) is 23.9. The van der Waals surface area contributed by atoms with Crippen LogP contribution >= 0.6 is 0 Å². The highest BCUT2D eigenvalue weighted by atomic mass is 19.1. The Morgan fingerprint density at radius 3 is 1.62 bits per heavy atom. The summed E-state index contributed by atoms with van der Waals surface area (Å²) in [5.74, 6) is -2.24. The van der Waals surface area contributed by atoms with Gasteiger partial charge in [0.25, 0.3) is 0 Å². The summed E-state index contributed by atoms with van der Waals surface area (Å²) in [6.07, 6.45) is -6.31. The minimum Gasteiger partial charge on any atom is -0.459 e. The lowest BCUT2D eigenvalue weighted by atomic mass is 10.1. The van der Waals surface area contributed by atoms with Gasteiger partial charge >= 0.3 is 17.9 Å². The molecule has 34 heavy (non-hydrogen) atoms. The Morgan fingerprint density at radius 1 is 0.676 bits per heavy atom. The highest BCUT2D eigenvalue weighted by Crippen LogP contribution is 2.29. The molecule has 0 spiro atoms. The van der Waals surface area contributed by atoms with E-state index in [4.69, 9.17) is 18.9 Å². The molecule has 0 aromatic heterocycles. The lowest BCUT2D eigenvalue weighted by Crippen LogP contribution is -2.37. The largest absolute Gasteiger partial charge is 0.459 e. The minimum absolute atomic E-state index is 0.204. The van der Waals surface area contributed by atoms with Crippen molar-refractivity contribution < 1.29 is 37.7 Å². The fourth-order valence-corrected chi connectivity index (χ4v) is 3.38. The van der Waals surface area contributed by atoms with Gasteiger partial charge < -0.3 is 18.9 Å². The van der Waals surface area contributed by atoms with E-state index in [-0.39, 0.29) is 11.1 Å². The third-order valence-corrected chi connectivity index (χ3v) is 5.12. The SMILES string of the molecule is O=C(OC[C@H]1O[C@H](OC(=O)c2ccccc2)C(F)C1OC(=O)c1ccccc1)c1ccccc1. The van der Waals surface area contributed by atoms with Crippen LogP contribution in [0.15, 0.2) is 91.0 Å². The van der Waals surface area contributed by atoms with E-state index in [1.807, 2.05) is 0 Å². The van der Waals surface area contributed by atoms with E-state index in [1.54, 1.807) is 66.7 Å². The summed E-state index contributed by atoms with van der Waals surface area (Å²) in [6.45, 7) is -0.416. The van der Waals surface area contributed by atoms with Gasteiger partial charge in [-0.1, -0.05) is 54.6 Å². The fraction of sp³-hybridized carbons (Fsp3) is 0.192.